The predicted molar refractivity (Wildman–Crippen MR) is 101 cm³/mol. The monoisotopic (exact) mass is 364 g/mol. The van der Waals surface area contributed by atoms with Crippen LogP contribution < -0.4 is 4.74 Å². The highest BCUT2D eigenvalue weighted by molar-refractivity contribution is 6.01. The van der Waals surface area contributed by atoms with E-state index in [0.717, 1.165) is 22.8 Å². The Balaban J connectivity index is 1.65. The van der Waals surface area contributed by atoms with Gasteiger partial charge in [-0.05, 0) is 38.1 Å². The number of aryl methyl sites for hydroxylation is 2. The third-order valence-electron chi connectivity index (χ3n) is 4.26. The topological polar surface area (TPSA) is 81.3 Å². The molecule has 0 radical (unpaired) electrons. The highest BCUT2D eigenvalue weighted by Crippen LogP contribution is 2.20. The molecular formula is C21H20N2O4. The SMILES string of the molecule is COc1ccccc1C(=O)COC(=O)c1ccc(-c2nc(C)c(C)[nH]2)cc1. The summed E-state index contributed by atoms with van der Waals surface area (Å²) in [5, 5.41) is 0. The van der Waals surface area contributed by atoms with Crippen LogP contribution in [0.5, 0.6) is 5.75 Å². The van der Waals surface area contributed by atoms with E-state index >= 15 is 0 Å². The second-order valence-corrected chi connectivity index (χ2v) is 6.07. The van der Waals surface area contributed by atoms with Gasteiger partial charge in [0.1, 0.15) is 11.6 Å². The number of ketones is 1. The lowest BCUT2D eigenvalue weighted by atomic mass is 10.1. The standard InChI is InChI=1S/C21H20N2O4/c1-13-14(2)23-20(22-13)15-8-10-16(11-9-15)21(25)27-12-18(24)17-6-4-5-7-19(17)26-3/h4-11H,12H2,1-3H3,(H,22,23). The van der Waals surface area contributed by atoms with E-state index in [2.05, 4.69) is 9.97 Å². The van der Waals surface area contributed by atoms with Gasteiger partial charge in [-0.1, -0.05) is 24.3 Å². The molecule has 0 spiro atoms. The van der Waals surface area contributed by atoms with Gasteiger partial charge in [0.15, 0.2) is 6.61 Å². The summed E-state index contributed by atoms with van der Waals surface area (Å²) in [7, 11) is 1.49. The highest BCUT2D eigenvalue weighted by atomic mass is 16.5. The zero-order valence-corrected chi connectivity index (χ0v) is 15.4. The number of nitrogens with one attached hydrogen (secondary N) is 1. The zero-order chi connectivity index (χ0) is 19.4. The Morgan fingerprint density at radius 2 is 1.74 bits per heavy atom. The summed E-state index contributed by atoms with van der Waals surface area (Å²) in [5.41, 5.74) is 3.55. The minimum atomic E-state index is -0.559. The van der Waals surface area contributed by atoms with Crippen LogP contribution in [0.3, 0.4) is 0 Å². The van der Waals surface area contributed by atoms with E-state index in [4.69, 9.17) is 9.47 Å². The average Bonchev–Trinajstić information content (AvgIpc) is 3.04. The van der Waals surface area contributed by atoms with Crippen molar-refractivity contribution in [1.82, 2.24) is 9.97 Å². The van der Waals surface area contributed by atoms with Gasteiger partial charge in [0, 0.05) is 11.3 Å². The minimum Gasteiger partial charge on any atom is -0.496 e. The van der Waals surface area contributed by atoms with Gasteiger partial charge in [0.05, 0.1) is 23.9 Å². The minimum absolute atomic E-state index is 0.320. The molecule has 2 aromatic carbocycles. The third kappa shape index (κ3) is 4.06. The molecule has 27 heavy (non-hydrogen) atoms. The molecule has 1 N–H and O–H groups in total. The Morgan fingerprint density at radius 3 is 2.37 bits per heavy atom. The number of para-hydroxylation sites is 1. The Labute approximate surface area is 157 Å². The quantitative estimate of drug-likeness (QED) is 0.532. The van der Waals surface area contributed by atoms with Gasteiger partial charge in [0.25, 0.3) is 0 Å². The van der Waals surface area contributed by atoms with Gasteiger partial charge >= 0.3 is 5.97 Å². The van der Waals surface area contributed by atoms with Crippen LogP contribution in [-0.2, 0) is 4.74 Å². The van der Waals surface area contributed by atoms with Crippen LogP contribution in [0.4, 0.5) is 0 Å². The van der Waals surface area contributed by atoms with Crippen LogP contribution in [-0.4, -0.2) is 35.4 Å². The first-order valence-corrected chi connectivity index (χ1v) is 8.46. The van der Waals surface area contributed by atoms with Crippen LogP contribution in [0, 0.1) is 13.8 Å². The lowest BCUT2D eigenvalue weighted by molar-refractivity contribution is 0.0474. The van der Waals surface area contributed by atoms with Crippen molar-refractivity contribution in [2.75, 3.05) is 13.7 Å². The molecule has 138 valence electrons. The number of imidazole rings is 1. The molecule has 0 amide bonds. The molecule has 1 aromatic heterocycles. The summed E-state index contributed by atoms with van der Waals surface area (Å²) < 4.78 is 10.3. The number of H-pyrrole nitrogens is 1. The van der Waals surface area contributed by atoms with Gasteiger partial charge in [-0.15, -0.1) is 0 Å². The van der Waals surface area contributed by atoms with Gasteiger partial charge in [-0.3, -0.25) is 4.79 Å². The number of aromatic amines is 1. The van der Waals surface area contributed by atoms with Crippen LogP contribution >= 0.6 is 0 Å². The average molecular weight is 364 g/mol. The summed E-state index contributed by atoms with van der Waals surface area (Å²) >= 11 is 0. The molecular weight excluding hydrogens is 344 g/mol. The van der Waals surface area contributed by atoms with Crippen LogP contribution in [0.25, 0.3) is 11.4 Å². The van der Waals surface area contributed by atoms with Gasteiger partial charge < -0.3 is 14.5 Å². The number of esters is 1. The Morgan fingerprint density at radius 1 is 1.04 bits per heavy atom. The van der Waals surface area contributed by atoms with E-state index in [1.807, 2.05) is 13.8 Å². The molecule has 0 atom stereocenters. The lowest BCUT2D eigenvalue weighted by Gasteiger charge is -2.08. The van der Waals surface area contributed by atoms with Crippen LogP contribution in [0.1, 0.15) is 32.1 Å². The summed E-state index contributed by atoms with van der Waals surface area (Å²) in [6.45, 7) is 3.54. The van der Waals surface area contributed by atoms with Crippen molar-refractivity contribution in [3.8, 4) is 17.1 Å². The molecule has 1 heterocycles. The molecule has 6 nitrogen and oxygen atoms in total. The number of aromatic nitrogens is 2. The first-order valence-electron chi connectivity index (χ1n) is 8.46. The summed E-state index contributed by atoms with van der Waals surface area (Å²) in [4.78, 5) is 32.1. The Kier molecular flexibility index (Phi) is 5.35. The molecule has 0 saturated carbocycles. The number of Topliss-reactive ketones (excluding diaryl/α,β-unsaturated/α-hetero) is 1. The van der Waals surface area contributed by atoms with Gasteiger partial charge in [0.2, 0.25) is 5.78 Å². The maximum absolute atomic E-state index is 12.3. The summed E-state index contributed by atoms with van der Waals surface area (Å²) in [6, 6.07) is 13.7. The summed E-state index contributed by atoms with van der Waals surface area (Å²) in [5.74, 6) is 0.318. The number of methoxy groups -OCH3 is 1. The number of carbonyl (C=O) groups is 2. The normalized spacial score (nSPS) is 10.5. The van der Waals surface area contributed by atoms with Crippen molar-refractivity contribution >= 4 is 11.8 Å². The molecule has 0 aliphatic rings. The van der Waals surface area contributed by atoms with Gasteiger partial charge in [-0.25, -0.2) is 9.78 Å². The highest BCUT2D eigenvalue weighted by Gasteiger charge is 2.15. The number of hydrogen-bond acceptors (Lipinski definition) is 5. The van der Waals surface area contributed by atoms with E-state index in [1.165, 1.54) is 7.11 Å². The van der Waals surface area contributed by atoms with E-state index in [1.54, 1.807) is 48.5 Å². The number of hydrogen-bond donors (Lipinski definition) is 1. The third-order valence-corrected chi connectivity index (χ3v) is 4.26. The fourth-order valence-electron chi connectivity index (χ4n) is 2.62. The molecule has 0 saturated heterocycles. The lowest BCUT2D eigenvalue weighted by Crippen LogP contribution is -2.15. The fourth-order valence-corrected chi connectivity index (χ4v) is 2.62. The van der Waals surface area contributed by atoms with Gasteiger partial charge in [-0.2, -0.15) is 0 Å². The second kappa shape index (κ2) is 7.86. The molecule has 0 unspecified atom stereocenters. The molecule has 0 aliphatic carbocycles. The maximum atomic E-state index is 12.3. The molecule has 0 fully saturated rings. The smallest absolute Gasteiger partial charge is 0.338 e. The molecule has 0 aliphatic heterocycles. The predicted octanol–water partition coefficient (Wildman–Crippen LogP) is 3.74. The van der Waals surface area contributed by atoms with Crippen LogP contribution in [0.15, 0.2) is 48.5 Å². The van der Waals surface area contributed by atoms with Crippen molar-refractivity contribution in [1.29, 1.82) is 0 Å². The van der Waals surface area contributed by atoms with Crippen molar-refractivity contribution in [2.45, 2.75) is 13.8 Å². The van der Waals surface area contributed by atoms with E-state index < -0.39 is 5.97 Å². The molecule has 6 heteroatoms. The van der Waals surface area contributed by atoms with E-state index in [-0.39, 0.29) is 12.4 Å². The van der Waals surface area contributed by atoms with E-state index in [0.29, 0.717) is 16.9 Å². The first kappa shape index (κ1) is 18.4. The largest absolute Gasteiger partial charge is 0.496 e. The molecule has 0 bridgehead atoms. The van der Waals surface area contributed by atoms with Crippen molar-refractivity contribution in [3.63, 3.8) is 0 Å². The number of carbonyl (C=O) groups excluding carboxylic acids is 2. The number of benzene rings is 2. The van der Waals surface area contributed by atoms with Crippen molar-refractivity contribution in [2.24, 2.45) is 0 Å². The number of ether oxygens (including phenoxy) is 2. The molecule has 3 rings (SSSR count). The zero-order valence-electron chi connectivity index (χ0n) is 15.4. The number of rotatable bonds is 6. The maximum Gasteiger partial charge on any atom is 0.338 e. The van der Waals surface area contributed by atoms with Crippen LogP contribution in [0.2, 0.25) is 0 Å². The van der Waals surface area contributed by atoms with Crippen molar-refractivity contribution < 1.29 is 19.1 Å². The van der Waals surface area contributed by atoms with E-state index in [9.17, 15) is 9.59 Å². The first-order chi connectivity index (χ1) is 13.0. The Bertz CT molecular complexity index is 955. The van der Waals surface area contributed by atoms with Crippen molar-refractivity contribution in [3.05, 3.63) is 71.0 Å². The summed E-state index contributed by atoms with van der Waals surface area (Å²) in [6.07, 6.45) is 0. The second-order valence-electron chi connectivity index (χ2n) is 6.07. The number of nitrogens with zero attached hydrogens (tertiary/aromatic N) is 1. The fraction of sp³-hybridized carbons (Fsp3) is 0.190. The Hall–Kier alpha value is -3.41. The molecule has 3 aromatic rings.